The second-order valence-corrected chi connectivity index (χ2v) is 4.37. The summed E-state index contributed by atoms with van der Waals surface area (Å²) in [5.74, 6) is 0. The van der Waals surface area contributed by atoms with Gasteiger partial charge in [-0.25, -0.2) is 4.98 Å². The SMILES string of the molecule is CN(C)c1c(Cl)cccc1NCc1cnc[nH]1. The van der Waals surface area contributed by atoms with E-state index in [1.807, 2.05) is 37.2 Å². The predicted octanol–water partition coefficient (Wildman–Crippen LogP) is 2.74. The van der Waals surface area contributed by atoms with Crippen LogP contribution < -0.4 is 10.2 Å². The van der Waals surface area contributed by atoms with Crippen molar-refractivity contribution in [1.82, 2.24) is 9.97 Å². The van der Waals surface area contributed by atoms with E-state index < -0.39 is 0 Å². The molecule has 0 aliphatic carbocycles. The summed E-state index contributed by atoms with van der Waals surface area (Å²) in [6.45, 7) is 0.696. The zero-order chi connectivity index (χ0) is 12.3. The first-order chi connectivity index (χ1) is 8.18. The standard InChI is InChI=1S/C12H15ClN4/c1-17(2)12-10(13)4-3-5-11(12)15-7-9-6-14-8-16-9/h3-6,8,15H,7H2,1-2H3,(H,14,16). The normalized spacial score (nSPS) is 10.3. The fourth-order valence-corrected chi connectivity index (χ4v) is 2.03. The Balaban J connectivity index is 2.18. The van der Waals surface area contributed by atoms with Gasteiger partial charge in [0.25, 0.3) is 0 Å². The van der Waals surface area contributed by atoms with Crippen molar-refractivity contribution >= 4 is 23.0 Å². The van der Waals surface area contributed by atoms with Crippen molar-refractivity contribution < 1.29 is 0 Å². The maximum atomic E-state index is 6.18. The van der Waals surface area contributed by atoms with Crippen molar-refractivity contribution in [2.24, 2.45) is 0 Å². The van der Waals surface area contributed by atoms with Crippen LogP contribution in [0.25, 0.3) is 0 Å². The van der Waals surface area contributed by atoms with Crippen LogP contribution in [0.1, 0.15) is 5.69 Å². The minimum Gasteiger partial charge on any atom is -0.378 e. The smallest absolute Gasteiger partial charge is 0.0922 e. The zero-order valence-electron chi connectivity index (χ0n) is 9.87. The summed E-state index contributed by atoms with van der Waals surface area (Å²) < 4.78 is 0. The number of nitrogens with one attached hydrogen (secondary N) is 2. The Morgan fingerprint density at radius 2 is 2.24 bits per heavy atom. The number of anilines is 2. The zero-order valence-corrected chi connectivity index (χ0v) is 10.6. The lowest BCUT2D eigenvalue weighted by Gasteiger charge is -2.19. The number of halogens is 1. The number of hydrogen-bond acceptors (Lipinski definition) is 3. The van der Waals surface area contributed by atoms with Gasteiger partial charge in [0.15, 0.2) is 0 Å². The van der Waals surface area contributed by atoms with Crippen LogP contribution in [0.15, 0.2) is 30.7 Å². The van der Waals surface area contributed by atoms with E-state index in [9.17, 15) is 0 Å². The third kappa shape index (κ3) is 2.71. The number of nitrogens with zero attached hydrogens (tertiary/aromatic N) is 2. The molecule has 1 aromatic heterocycles. The van der Waals surface area contributed by atoms with Gasteiger partial charge in [-0.05, 0) is 12.1 Å². The molecule has 0 atom stereocenters. The molecule has 1 heterocycles. The van der Waals surface area contributed by atoms with Crippen LogP contribution in [0.3, 0.4) is 0 Å². The van der Waals surface area contributed by atoms with Gasteiger partial charge in [-0.3, -0.25) is 0 Å². The molecule has 2 N–H and O–H groups in total. The van der Waals surface area contributed by atoms with Gasteiger partial charge >= 0.3 is 0 Å². The van der Waals surface area contributed by atoms with Gasteiger partial charge in [-0.15, -0.1) is 0 Å². The monoisotopic (exact) mass is 250 g/mol. The molecule has 0 aliphatic rings. The van der Waals surface area contributed by atoms with Crippen molar-refractivity contribution in [3.8, 4) is 0 Å². The Bertz CT molecular complexity index is 479. The van der Waals surface area contributed by atoms with Crippen LogP contribution in [-0.2, 0) is 6.54 Å². The topological polar surface area (TPSA) is 44.0 Å². The maximum Gasteiger partial charge on any atom is 0.0922 e. The summed E-state index contributed by atoms with van der Waals surface area (Å²) in [6.07, 6.45) is 3.47. The molecule has 5 heteroatoms. The highest BCUT2D eigenvalue weighted by molar-refractivity contribution is 6.34. The number of aromatic amines is 1. The molecule has 0 radical (unpaired) electrons. The highest BCUT2D eigenvalue weighted by Gasteiger charge is 2.08. The summed E-state index contributed by atoms with van der Waals surface area (Å²) in [5.41, 5.74) is 3.04. The van der Waals surface area contributed by atoms with Crippen LogP contribution in [0.2, 0.25) is 5.02 Å². The average Bonchev–Trinajstić information content (AvgIpc) is 2.78. The molecule has 1 aromatic carbocycles. The van der Waals surface area contributed by atoms with E-state index in [2.05, 4.69) is 15.3 Å². The lowest BCUT2D eigenvalue weighted by atomic mass is 10.2. The third-order valence-electron chi connectivity index (χ3n) is 2.46. The predicted molar refractivity (Wildman–Crippen MR) is 71.7 cm³/mol. The molecule has 90 valence electrons. The van der Waals surface area contributed by atoms with Crippen molar-refractivity contribution in [2.75, 3.05) is 24.3 Å². The molecule has 2 aromatic rings. The van der Waals surface area contributed by atoms with E-state index in [0.29, 0.717) is 6.54 Å². The Labute approximate surface area is 106 Å². The number of hydrogen-bond donors (Lipinski definition) is 2. The number of H-pyrrole nitrogens is 1. The van der Waals surface area contributed by atoms with E-state index in [1.165, 1.54) is 0 Å². The van der Waals surface area contributed by atoms with Crippen molar-refractivity contribution in [1.29, 1.82) is 0 Å². The minimum absolute atomic E-state index is 0.696. The van der Waals surface area contributed by atoms with E-state index in [4.69, 9.17) is 11.6 Å². The Kier molecular flexibility index (Phi) is 3.54. The molecule has 0 saturated carbocycles. The van der Waals surface area contributed by atoms with Crippen LogP contribution in [-0.4, -0.2) is 24.1 Å². The van der Waals surface area contributed by atoms with Crippen molar-refractivity contribution in [3.63, 3.8) is 0 Å². The number of benzene rings is 1. The molecule has 2 rings (SSSR count). The first-order valence-electron chi connectivity index (χ1n) is 5.35. The van der Waals surface area contributed by atoms with Gasteiger partial charge in [0.2, 0.25) is 0 Å². The lowest BCUT2D eigenvalue weighted by Crippen LogP contribution is -2.12. The van der Waals surface area contributed by atoms with E-state index in [-0.39, 0.29) is 0 Å². The fraction of sp³-hybridized carbons (Fsp3) is 0.250. The Morgan fingerprint density at radius 3 is 2.88 bits per heavy atom. The molecule has 17 heavy (non-hydrogen) atoms. The molecule has 0 amide bonds. The molecule has 4 nitrogen and oxygen atoms in total. The number of rotatable bonds is 4. The van der Waals surface area contributed by atoms with E-state index >= 15 is 0 Å². The second kappa shape index (κ2) is 5.10. The molecular formula is C12H15ClN4. The summed E-state index contributed by atoms with van der Waals surface area (Å²) in [5, 5.41) is 4.08. The number of imidazole rings is 1. The highest BCUT2D eigenvalue weighted by atomic mass is 35.5. The Hall–Kier alpha value is -1.68. The molecule has 0 fully saturated rings. The van der Waals surface area contributed by atoms with Gasteiger partial charge < -0.3 is 15.2 Å². The second-order valence-electron chi connectivity index (χ2n) is 3.96. The quantitative estimate of drug-likeness (QED) is 0.877. The molecular weight excluding hydrogens is 236 g/mol. The lowest BCUT2D eigenvalue weighted by molar-refractivity contribution is 1.06. The molecule has 0 unspecified atom stereocenters. The molecule has 0 saturated heterocycles. The number of aromatic nitrogens is 2. The third-order valence-corrected chi connectivity index (χ3v) is 2.76. The van der Waals surface area contributed by atoms with E-state index in [1.54, 1.807) is 12.5 Å². The van der Waals surface area contributed by atoms with Gasteiger partial charge in [0.1, 0.15) is 0 Å². The van der Waals surface area contributed by atoms with Gasteiger partial charge in [0, 0.05) is 20.3 Å². The summed E-state index contributed by atoms with van der Waals surface area (Å²) in [7, 11) is 3.95. The fourth-order valence-electron chi connectivity index (χ4n) is 1.68. The van der Waals surface area contributed by atoms with Crippen LogP contribution >= 0.6 is 11.6 Å². The van der Waals surface area contributed by atoms with Gasteiger partial charge in [0.05, 0.1) is 35.0 Å². The summed E-state index contributed by atoms with van der Waals surface area (Å²) in [4.78, 5) is 9.03. The van der Waals surface area contributed by atoms with Crippen LogP contribution in [0.5, 0.6) is 0 Å². The molecule has 0 aliphatic heterocycles. The number of para-hydroxylation sites is 1. The minimum atomic E-state index is 0.696. The van der Waals surface area contributed by atoms with Crippen LogP contribution in [0, 0.1) is 0 Å². The van der Waals surface area contributed by atoms with Crippen LogP contribution in [0.4, 0.5) is 11.4 Å². The summed E-state index contributed by atoms with van der Waals surface area (Å²) in [6, 6.07) is 5.83. The summed E-state index contributed by atoms with van der Waals surface area (Å²) >= 11 is 6.18. The average molecular weight is 251 g/mol. The Morgan fingerprint density at radius 1 is 1.41 bits per heavy atom. The van der Waals surface area contributed by atoms with Crippen molar-refractivity contribution in [3.05, 3.63) is 41.4 Å². The maximum absolute atomic E-state index is 6.18. The molecule has 0 spiro atoms. The van der Waals surface area contributed by atoms with Gasteiger partial charge in [-0.2, -0.15) is 0 Å². The largest absolute Gasteiger partial charge is 0.378 e. The first-order valence-corrected chi connectivity index (χ1v) is 5.73. The first kappa shape index (κ1) is 11.8. The van der Waals surface area contributed by atoms with E-state index in [0.717, 1.165) is 22.1 Å². The van der Waals surface area contributed by atoms with Gasteiger partial charge in [-0.1, -0.05) is 17.7 Å². The van der Waals surface area contributed by atoms with Crippen molar-refractivity contribution in [2.45, 2.75) is 6.54 Å². The molecule has 0 bridgehead atoms. The highest BCUT2D eigenvalue weighted by Crippen LogP contribution is 2.32.